The van der Waals surface area contributed by atoms with Crippen LogP contribution in [0, 0.1) is 0 Å². The summed E-state index contributed by atoms with van der Waals surface area (Å²) >= 11 is 0. The predicted octanol–water partition coefficient (Wildman–Crippen LogP) is 0.753. The zero-order chi connectivity index (χ0) is 7.98. The first-order valence-corrected chi connectivity index (χ1v) is 5.36. The second-order valence-electron chi connectivity index (χ2n) is 2.17. The molecule has 0 spiro atoms. The molecule has 0 aromatic heterocycles. The van der Waals surface area contributed by atoms with E-state index < -0.39 is 10.8 Å². The molecule has 0 radical (unpaired) electrons. The van der Waals surface area contributed by atoms with Crippen LogP contribution in [0.3, 0.4) is 0 Å². The van der Waals surface area contributed by atoms with Gasteiger partial charge in [0.25, 0.3) is 0 Å². The van der Waals surface area contributed by atoms with E-state index in [4.69, 9.17) is 0 Å². The third-order valence-corrected chi connectivity index (χ3v) is 2.79. The molecule has 1 aliphatic rings. The summed E-state index contributed by atoms with van der Waals surface area (Å²) in [5.74, 6) is 1.67. The van der Waals surface area contributed by atoms with Crippen molar-refractivity contribution < 1.29 is 4.21 Å². The summed E-state index contributed by atoms with van der Waals surface area (Å²) < 4.78 is 10.7. The second kappa shape index (κ2) is 5.86. The van der Waals surface area contributed by atoms with Crippen LogP contribution in [0.5, 0.6) is 0 Å². The molecule has 1 aliphatic heterocycles. The molecule has 62 valence electrons. The average Bonchev–Trinajstić information content (AvgIpc) is 1.91. The standard InChI is InChI=1S/C5H11NOS.C2H6/c1-5-4-8(7)3-2-6-5;1-2/h5-6H,2-4H2,1H3;1-2H3. The highest BCUT2D eigenvalue weighted by molar-refractivity contribution is 7.85. The Labute approximate surface area is 65.9 Å². The van der Waals surface area contributed by atoms with Gasteiger partial charge in [0.05, 0.1) is 0 Å². The van der Waals surface area contributed by atoms with E-state index in [1.807, 2.05) is 13.8 Å². The molecular weight excluding hydrogens is 146 g/mol. The van der Waals surface area contributed by atoms with Crippen molar-refractivity contribution in [3.63, 3.8) is 0 Å². The van der Waals surface area contributed by atoms with E-state index in [-0.39, 0.29) is 0 Å². The molecule has 0 aliphatic carbocycles. The molecule has 10 heavy (non-hydrogen) atoms. The summed E-state index contributed by atoms with van der Waals surface area (Å²) in [6.45, 7) is 6.99. The molecule has 1 fully saturated rings. The van der Waals surface area contributed by atoms with Crippen molar-refractivity contribution in [2.75, 3.05) is 18.1 Å². The first kappa shape index (κ1) is 10.1. The largest absolute Gasteiger partial charge is 0.312 e. The van der Waals surface area contributed by atoms with Crippen molar-refractivity contribution >= 4 is 10.8 Å². The minimum atomic E-state index is -0.533. The molecule has 1 saturated heterocycles. The lowest BCUT2D eigenvalue weighted by Crippen LogP contribution is -2.40. The summed E-state index contributed by atoms with van der Waals surface area (Å²) in [5.41, 5.74) is 0. The average molecular weight is 163 g/mol. The van der Waals surface area contributed by atoms with Gasteiger partial charge in [-0.15, -0.1) is 0 Å². The Kier molecular flexibility index (Phi) is 5.93. The highest BCUT2D eigenvalue weighted by Gasteiger charge is 2.11. The molecule has 2 atom stereocenters. The minimum Gasteiger partial charge on any atom is -0.312 e. The van der Waals surface area contributed by atoms with E-state index in [9.17, 15) is 4.21 Å². The second-order valence-corrected chi connectivity index (χ2v) is 3.79. The smallest absolute Gasteiger partial charge is 0.0386 e. The Morgan fingerprint density at radius 2 is 2.10 bits per heavy atom. The van der Waals surface area contributed by atoms with Gasteiger partial charge in [-0.3, -0.25) is 4.21 Å². The lowest BCUT2D eigenvalue weighted by Gasteiger charge is -2.18. The van der Waals surface area contributed by atoms with E-state index in [1.165, 1.54) is 0 Å². The third-order valence-electron chi connectivity index (χ3n) is 1.26. The fourth-order valence-electron chi connectivity index (χ4n) is 0.840. The van der Waals surface area contributed by atoms with Gasteiger partial charge in [0.1, 0.15) is 0 Å². The molecular formula is C7H17NOS. The van der Waals surface area contributed by atoms with Gasteiger partial charge in [0.15, 0.2) is 0 Å². The van der Waals surface area contributed by atoms with E-state index in [0.29, 0.717) is 6.04 Å². The molecule has 0 saturated carbocycles. The van der Waals surface area contributed by atoms with Gasteiger partial charge in [-0.05, 0) is 6.92 Å². The Bertz CT molecular complexity index is 106. The molecule has 2 nitrogen and oxygen atoms in total. The topological polar surface area (TPSA) is 29.1 Å². The van der Waals surface area contributed by atoms with Crippen molar-refractivity contribution in [3.8, 4) is 0 Å². The van der Waals surface area contributed by atoms with Gasteiger partial charge in [0.2, 0.25) is 0 Å². The summed E-state index contributed by atoms with van der Waals surface area (Å²) in [5, 5.41) is 3.22. The lowest BCUT2D eigenvalue weighted by atomic mass is 10.4. The number of hydrogen-bond acceptors (Lipinski definition) is 2. The van der Waals surface area contributed by atoms with Crippen molar-refractivity contribution in [2.24, 2.45) is 0 Å². The minimum absolute atomic E-state index is 0.463. The Hall–Kier alpha value is 0.110. The molecule has 2 unspecified atom stereocenters. The van der Waals surface area contributed by atoms with Crippen LogP contribution in [0.15, 0.2) is 0 Å². The Morgan fingerprint density at radius 1 is 1.50 bits per heavy atom. The van der Waals surface area contributed by atoms with Gasteiger partial charge in [-0.2, -0.15) is 0 Å². The first-order valence-electron chi connectivity index (χ1n) is 3.87. The van der Waals surface area contributed by atoms with Gasteiger partial charge < -0.3 is 5.32 Å². The molecule has 0 bridgehead atoms. The quantitative estimate of drug-likeness (QED) is 0.571. The molecule has 0 aromatic rings. The van der Waals surface area contributed by atoms with Gasteiger partial charge in [0, 0.05) is 34.9 Å². The summed E-state index contributed by atoms with van der Waals surface area (Å²) in [6.07, 6.45) is 0. The van der Waals surface area contributed by atoms with E-state index in [2.05, 4.69) is 12.2 Å². The van der Waals surface area contributed by atoms with Crippen LogP contribution in [0.1, 0.15) is 20.8 Å². The van der Waals surface area contributed by atoms with Crippen LogP contribution in [-0.4, -0.2) is 28.3 Å². The number of hydrogen-bond donors (Lipinski definition) is 1. The highest BCUT2D eigenvalue weighted by Crippen LogP contribution is 1.93. The molecule has 3 heteroatoms. The normalized spacial score (nSPS) is 32.3. The molecule has 1 heterocycles. The van der Waals surface area contributed by atoms with Crippen molar-refractivity contribution in [1.29, 1.82) is 0 Å². The van der Waals surface area contributed by atoms with Gasteiger partial charge in [-0.1, -0.05) is 13.8 Å². The van der Waals surface area contributed by atoms with Gasteiger partial charge in [-0.25, -0.2) is 0 Å². The Balaban J connectivity index is 0.000000371. The van der Waals surface area contributed by atoms with Gasteiger partial charge >= 0.3 is 0 Å². The van der Waals surface area contributed by atoms with E-state index in [1.54, 1.807) is 0 Å². The summed E-state index contributed by atoms with van der Waals surface area (Å²) in [4.78, 5) is 0. The number of rotatable bonds is 0. The molecule has 0 aromatic carbocycles. The van der Waals surface area contributed by atoms with Crippen LogP contribution in [0.2, 0.25) is 0 Å². The third kappa shape index (κ3) is 4.01. The van der Waals surface area contributed by atoms with E-state index >= 15 is 0 Å². The predicted molar refractivity (Wildman–Crippen MR) is 46.7 cm³/mol. The van der Waals surface area contributed by atoms with Crippen LogP contribution >= 0.6 is 0 Å². The van der Waals surface area contributed by atoms with Crippen molar-refractivity contribution in [3.05, 3.63) is 0 Å². The number of nitrogens with one attached hydrogen (secondary N) is 1. The lowest BCUT2D eigenvalue weighted by molar-refractivity contribution is 0.584. The molecule has 1 N–H and O–H groups in total. The summed E-state index contributed by atoms with van der Waals surface area (Å²) in [6, 6.07) is 0.463. The fourth-order valence-corrected chi connectivity index (χ4v) is 2.03. The maximum absolute atomic E-state index is 10.7. The van der Waals surface area contributed by atoms with Crippen LogP contribution < -0.4 is 5.32 Å². The summed E-state index contributed by atoms with van der Waals surface area (Å²) in [7, 11) is -0.533. The Morgan fingerprint density at radius 3 is 2.40 bits per heavy atom. The SMILES string of the molecule is CC.CC1CS(=O)CCN1. The van der Waals surface area contributed by atoms with Crippen LogP contribution in [-0.2, 0) is 10.8 Å². The zero-order valence-corrected chi connectivity index (χ0v) is 7.83. The van der Waals surface area contributed by atoms with Crippen molar-refractivity contribution in [2.45, 2.75) is 26.8 Å². The maximum atomic E-state index is 10.7. The fraction of sp³-hybridized carbons (Fsp3) is 1.00. The molecule has 0 amide bonds. The van der Waals surface area contributed by atoms with Crippen LogP contribution in [0.4, 0.5) is 0 Å². The first-order chi connectivity index (χ1) is 4.79. The highest BCUT2D eigenvalue weighted by atomic mass is 32.2. The van der Waals surface area contributed by atoms with E-state index in [0.717, 1.165) is 18.1 Å². The zero-order valence-electron chi connectivity index (χ0n) is 7.02. The van der Waals surface area contributed by atoms with Crippen LogP contribution in [0.25, 0.3) is 0 Å². The van der Waals surface area contributed by atoms with Crippen molar-refractivity contribution in [1.82, 2.24) is 5.32 Å². The monoisotopic (exact) mass is 163 g/mol. The maximum Gasteiger partial charge on any atom is 0.0386 e. The molecule has 1 rings (SSSR count).